The van der Waals surface area contributed by atoms with Crippen LogP contribution in [0.5, 0.6) is 0 Å². The lowest BCUT2D eigenvalue weighted by Crippen LogP contribution is -2.18. The largest absolute Gasteiger partial charge is 0.364 e. The average molecular weight is 485 g/mol. The first-order chi connectivity index (χ1) is 16.0. The van der Waals surface area contributed by atoms with Gasteiger partial charge in [0.1, 0.15) is 18.1 Å². The number of nitrogens with two attached hydrogens (primary N) is 1. The van der Waals surface area contributed by atoms with E-state index in [-0.39, 0.29) is 33.1 Å². The third-order valence-electron chi connectivity index (χ3n) is 5.44. The highest BCUT2D eigenvalue weighted by atomic mass is 35.5. The third kappa shape index (κ3) is 4.36. The van der Waals surface area contributed by atoms with Crippen LogP contribution in [0.3, 0.4) is 0 Å². The van der Waals surface area contributed by atoms with E-state index in [2.05, 4.69) is 20.6 Å². The Labute approximate surface area is 199 Å². The number of primary amides is 1. The molecule has 3 aromatic heterocycles. The van der Waals surface area contributed by atoms with E-state index in [0.717, 1.165) is 11.8 Å². The molecule has 0 radical (unpaired) electrons. The highest BCUT2D eigenvalue weighted by Crippen LogP contribution is 2.28. The quantitative estimate of drug-likeness (QED) is 0.418. The summed E-state index contributed by atoms with van der Waals surface area (Å²) in [6.07, 6.45) is 0. The number of amides is 2. The molecule has 0 saturated heterocycles. The Balaban J connectivity index is 1.69. The summed E-state index contributed by atoms with van der Waals surface area (Å²) in [5.41, 5.74) is 7.94. The van der Waals surface area contributed by atoms with Crippen molar-refractivity contribution in [3.63, 3.8) is 0 Å². The van der Waals surface area contributed by atoms with Crippen molar-refractivity contribution in [3.05, 3.63) is 69.2 Å². The van der Waals surface area contributed by atoms with E-state index in [0.29, 0.717) is 29.4 Å². The fraction of sp³-hybridized carbons (Fsp3) is 0.261. The van der Waals surface area contributed by atoms with Crippen LogP contribution < -0.4 is 11.1 Å². The van der Waals surface area contributed by atoms with Crippen molar-refractivity contribution in [1.29, 1.82) is 0 Å². The van der Waals surface area contributed by atoms with Crippen LogP contribution in [0.1, 0.15) is 63.5 Å². The van der Waals surface area contributed by atoms with Crippen LogP contribution in [-0.2, 0) is 6.54 Å². The van der Waals surface area contributed by atoms with Crippen molar-refractivity contribution in [2.75, 3.05) is 5.32 Å². The predicted molar refractivity (Wildman–Crippen MR) is 125 cm³/mol. The molecular formula is C23H22ClFN6O3. The Hall–Kier alpha value is -3.79. The summed E-state index contributed by atoms with van der Waals surface area (Å²) in [6, 6.07) is 5.47. The van der Waals surface area contributed by atoms with Gasteiger partial charge in [-0.25, -0.2) is 9.37 Å². The lowest BCUT2D eigenvalue weighted by Gasteiger charge is -2.11. The molecule has 0 unspecified atom stereocenters. The maximum absolute atomic E-state index is 14.0. The molecule has 11 heteroatoms. The molecular weight excluding hydrogens is 463 g/mol. The van der Waals surface area contributed by atoms with E-state index in [1.807, 2.05) is 19.9 Å². The van der Waals surface area contributed by atoms with Crippen LogP contribution >= 0.6 is 11.6 Å². The number of benzene rings is 1. The molecule has 2 amide bonds. The zero-order valence-corrected chi connectivity index (χ0v) is 19.7. The van der Waals surface area contributed by atoms with E-state index in [4.69, 9.17) is 21.9 Å². The second-order valence-corrected chi connectivity index (χ2v) is 8.64. The predicted octanol–water partition coefficient (Wildman–Crippen LogP) is 4.35. The summed E-state index contributed by atoms with van der Waals surface area (Å²) in [7, 11) is 0. The fourth-order valence-electron chi connectivity index (χ4n) is 3.57. The number of hydrogen-bond acceptors (Lipinski definition) is 6. The number of halogens is 2. The maximum Gasteiger partial charge on any atom is 0.267 e. The molecule has 3 N–H and O–H groups in total. The van der Waals surface area contributed by atoms with Gasteiger partial charge in [0, 0.05) is 17.5 Å². The number of rotatable bonds is 6. The summed E-state index contributed by atoms with van der Waals surface area (Å²) in [4.78, 5) is 29.0. The monoisotopic (exact) mass is 484 g/mol. The van der Waals surface area contributed by atoms with Crippen LogP contribution in [0.15, 0.2) is 28.8 Å². The Morgan fingerprint density at radius 1 is 1.24 bits per heavy atom. The minimum absolute atomic E-state index is 0.0732. The molecule has 176 valence electrons. The SMILES string of the molecule is Cc1nn(Cc2cc(C(C)C)no2)c(C)c1NC(=O)c1cc(C(N)=O)nc2cc(F)c(Cl)cc12. The third-order valence-corrected chi connectivity index (χ3v) is 5.73. The first-order valence-corrected chi connectivity index (χ1v) is 10.8. The first-order valence-electron chi connectivity index (χ1n) is 10.5. The minimum Gasteiger partial charge on any atom is -0.364 e. The number of nitrogens with one attached hydrogen (secondary N) is 1. The summed E-state index contributed by atoms with van der Waals surface area (Å²) >= 11 is 5.93. The normalized spacial score (nSPS) is 11.4. The van der Waals surface area contributed by atoms with Gasteiger partial charge in [-0.1, -0.05) is 30.6 Å². The molecule has 0 fully saturated rings. The van der Waals surface area contributed by atoms with Gasteiger partial charge in [0.2, 0.25) is 0 Å². The van der Waals surface area contributed by atoms with Crippen LogP contribution in [0.4, 0.5) is 10.1 Å². The molecule has 0 aliphatic rings. The molecule has 1 aromatic carbocycles. The second-order valence-electron chi connectivity index (χ2n) is 8.23. The molecule has 3 heterocycles. The highest BCUT2D eigenvalue weighted by Gasteiger charge is 2.21. The zero-order chi connectivity index (χ0) is 24.7. The van der Waals surface area contributed by atoms with Crippen molar-refractivity contribution < 1.29 is 18.5 Å². The number of pyridine rings is 1. The van der Waals surface area contributed by atoms with E-state index >= 15 is 0 Å². The van der Waals surface area contributed by atoms with Gasteiger partial charge in [-0.2, -0.15) is 5.10 Å². The van der Waals surface area contributed by atoms with Crippen LogP contribution in [0.2, 0.25) is 5.02 Å². The van der Waals surface area contributed by atoms with Gasteiger partial charge < -0.3 is 15.6 Å². The number of anilines is 1. The molecule has 34 heavy (non-hydrogen) atoms. The van der Waals surface area contributed by atoms with Gasteiger partial charge in [-0.05, 0) is 31.9 Å². The molecule has 0 aliphatic carbocycles. The number of carbonyl (C=O) groups is 2. The fourth-order valence-corrected chi connectivity index (χ4v) is 3.73. The standard InChI is InChI=1S/C23H22ClFN6O3/c1-10(2)18-5-13(34-30-18)9-31-12(4)21(11(3)29-31)28-23(33)15-7-20(22(26)32)27-19-8-17(25)16(24)6-14(15)19/h5-8,10H,9H2,1-4H3,(H2,26,32)(H,28,33). The van der Waals surface area contributed by atoms with Crippen LogP contribution in [0, 0.1) is 19.7 Å². The molecule has 0 atom stereocenters. The van der Waals surface area contributed by atoms with E-state index in [1.165, 1.54) is 12.1 Å². The van der Waals surface area contributed by atoms with Crippen molar-refractivity contribution in [1.82, 2.24) is 19.9 Å². The Morgan fingerprint density at radius 2 is 1.97 bits per heavy atom. The van der Waals surface area contributed by atoms with E-state index in [1.54, 1.807) is 18.5 Å². The summed E-state index contributed by atoms with van der Waals surface area (Å²) in [5, 5.41) is 11.5. The van der Waals surface area contributed by atoms with Gasteiger partial charge >= 0.3 is 0 Å². The molecule has 0 aliphatic heterocycles. The Bertz CT molecular complexity index is 1440. The lowest BCUT2D eigenvalue weighted by atomic mass is 10.1. The first kappa shape index (κ1) is 23.4. The zero-order valence-electron chi connectivity index (χ0n) is 18.9. The number of hydrogen-bond donors (Lipinski definition) is 2. The van der Waals surface area contributed by atoms with E-state index in [9.17, 15) is 14.0 Å². The van der Waals surface area contributed by atoms with Gasteiger partial charge in [-0.15, -0.1) is 0 Å². The molecule has 4 aromatic rings. The van der Waals surface area contributed by atoms with Crippen molar-refractivity contribution >= 4 is 40.0 Å². The smallest absolute Gasteiger partial charge is 0.267 e. The number of aryl methyl sites for hydroxylation is 1. The van der Waals surface area contributed by atoms with Gasteiger partial charge in [0.25, 0.3) is 11.8 Å². The summed E-state index contributed by atoms with van der Waals surface area (Å²) in [6.45, 7) is 7.94. The molecule has 0 bridgehead atoms. The molecule has 0 saturated carbocycles. The summed E-state index contributed by atoms with van der Waals surface area (Å²) in [5.74, 6) is -1.26. The number of aromatic nitrogens is 4. The number of fused-ring (bicyclic) bond motifs is 1. The van der Waals surface area contributed by atoms with Crippen LogP contribution in [-0.4, -0.2) is 31.7 Å². The van der Waals surface area contributed by atoms with E-state index < -0.39 is 17.6 Å². The minimum atomic E-state index is -0.848. The van der Waals surface area contributed by atoms with Gasteiger partial charge in [-0.3, -0.25) is 14.3 Å². The van der Waals surface area contributed by atoms with Crippen molar-refractivity contribution in [3.8, 4) is 0 Å². The van der Waals surface area contributed by atoms with Gasteiger partial charge in [0.05, 0.1) is 38.9 Å². The Kier molecular flexibility index (Phi) is 6.09. The summed E-state index contributed by atoms with van der Waals surface area (Å²) < 4.78 is 21.1. The topological polar surface area (TPSA) is 129 Å². The maximum atomic E-state index is 14.0. The second kappa shape index (κ2) is 8.86. The number of nitrogens with zero attached hydrogens (tertiary/aromatic N) is 4. The highest BCUT2D eigenvalue weighted by molar-refractivity contribution is 6.31. The molecule has 9 nitrogen and oxygen atoms in total. The Morgan fingerprint density at radius 3 is 2.62 bits per heavy atom. The average Bonchev–Trinajstić information content (AvgIpc) is 3.34. The van der Waals surface area contributed by atoms with Gasteiger partial charge in [0.15, 0.2) is 5.76 Å². The van der Waals surface area contributed by atoms with Crippen molar-refractivity contribution in [2.24, 2.45) is 5.73 Å². The van der Waals surface area contributed by atoms with Crippen LogP contribution in [0.25, 0.3) is 10.9 Å². The molecule has 4 rings (SSSR count). The van der Waals surface area contributed by atoms with Crippen molar-refractivity contribution in [2.45, 2.75) is 40.2 Å². The lowest BCUT2D eigenvalue weighted by molar-refractivity contribution is 0.0996. The molecule has 0 spiro atoms. The number of carbonyl (C=O) groups excluding carboxylic acids is 2.